The Morgan fingerprint density at radius 1 is 1.27 bits per heavy atom. The van der Waals surface area contributed by atoms with Gasteiger partial charge in [-0.2, -0.15) is 0 Å². The Morgan fingerprint density at radius 2 is 2.07 bits per heavy atom. The van der Waals surface area contributed by atoms with Crippen molar-refractivity contribution in [3.8, 4) is 0 Å². The smallest absolute Gasteiger partial charge is 0.107 e. The summed E-state index contributed by atoms with van der Waals surface area (Å²) < 4.78 is 0. The van der Waals surface area contributed by atoms with E-state index in [1.807, 2.05) is 12.4 Å². The van der Waals surface area contributed by atoms with Crippen LogP contribution in [0.1, 0.15) is 44.3 Å². The van der Waals surface area contributed by atoms with E-state index in [2.05, 4.69) is 15.3 Å². The van der Waals surface area contributed by atoms with Gasteiger partial charge in [-0.1, -0.05) is 25.7 Å². The molecule has 1 aromatic rings. The highest BCUT2D eigenvalue weighted by Gasteiger charge is 2.10. The third kappa shape index (κ3) is 3.67. The van der Waals surface area contributed by atoms with Gasteiger partial charge in [0.05, 0.1) is 0 Å². The summed E-state index contributed by atoms with van der Waals surface area (Å²) in [5, 5.41) is 3.64. The summed E-state index contributed by atoms with van der Waals surface area (Å²) in [6, 6.07) is 0.752. The Balaban J connectivity index is 1.64. The molecule has 3 nitrogen and oxygen atoms in total. The van der Waals surface area contributed by atoms with Gasteiger partial charge in [0.25, 0.3) is 0 Å². The van der Waals surface area contributed by atoms with Crippen molar-refractivity contribution in [1.82, 2.24) is 15.3 Å². The molecule has 0 radical (unpaired) electrons. The molecule has 0 aliphatic heterocycles. The molecule has 84 valence electrons. The fraction of sp³-hybridized carbons (Fsp3) is 0.750. The molecular weight excluding hydrogens is 186 g/mol. The maximum Gasteiger partial charge on any atom is 0.107 e. The number of hydrogen-bond donors (Lipinski definition) is 2. The van der Waals surface area contributed by atoms with Crippen LogP contribution < -0.4 is 5.32 Å². The van der Waals surface area contributed by atoms with Crippen molar-refractivity contribution in [3.05, 3.63) is 18.2 Å². The number of nitrogens with one attached hydrogen (secondary N) is 2. The molecule has 0 atom stereocenters. The number of hydrogen-bond acceptors (Lipinski definition) is 2. The first-order chi connectivity index (χ1) is 7.45. The van der Waals surface area contributed by atoms with Gasteiger partial charge in [0.15, 0.2) is 0 Å². The van der Waals surface area contributed by atoms with E-state index in [1.54, 1.807) is 0 Å². The molecule has 1 fully saturated rings. The highest BCUT2D eigenvalue weighted by Crippen LogP contribution is 2.16. The second-order valence-electron chi connectivity index (χ2n) is 4.43. The van der Waals surface area contributed by atoms with Gasteiger partial charge in [-0.15, -0.1) is 0 Å². The first-order valence-corrected chi connectivity index (χ1v) is 6.17. The Hall–Kier alpha value is -0.830. The monoisotopic (exact) mass is 207 g/mol. The molecule has 0 saturated heterocycles. The van der Waals surface area contributed by atoms with Crippen molar-refractivity contribution in [3.63, 3.8) is 0 Å². The summed E-state index contributed by atoms with van der Waals surface area (Å²) in [5.74, 6) is 1.09. The maximum absolute atomic E-state index is 4.22. The zero-order valence-electron chi connectivity index (χ0n) is 9.34. The summed E-state index contributed by atoms with van der Waals surface area (Å²) >= 11 is 0. The lowest BCUT2D eigenvalue weighted by Crippen LogP contribution is -2.30. The molecule has 2 N–H and O–H groups in total. The van der Waals surface area contributed by atoms with Gasteiger partial charge in [-0.05, 0) is 12.8 Å². The molecule has 1 heterocycles. The Morgan fingerprint density at radius 3 is 2.73 bits per heavy atom. The normalized spacial score (nSPS) is 18.9. The third-order valence-electron chi connectivity index (χ3n) is 3.20. The SMILES string of the molecule is c1c[nH]c(CCNC2CCCCCC2)n1. The number of aromatic amines is 1. The van der Waals surface area contributed by atoms with Crippen LogP contribution in [0.25, 0.3) is 0 Å². The lowest BCUT2D eigenvalue weighted by molar-refractivity contribution is 0.461. The van der Waals surface area contributed by atoms with Crippen molar-refractivity contribution in [2.45, 2.75) is 51.0 Å². The molecule has 2 rings (SSSR count). The van der Waals surface area contributed by atoms with E-state index in [-0.39, 0.29) is 0 Å². The first kappa shape index (κ1) is 10.7. The van der Waals surface area contributed by atoms with E-state index >= 15 is 0 Å². The number of nitrogens with zero attached hydrogens (tertiary/aromatic N) is 1. The fourth-order valence-electron chi connectivity index (χ4n) is 2.31. The van der Waals surface area contributed by atoms with Gasteiger partial charge >= 0.3 is 0 Å². The second-order valence-corrected chi connectivity index (χ2v) is 4.43. The van der Waals surface area contributed by atoms with E-state index in [0.29, 0.717) is 0 Å². The van der Waals surface area contributed by atoms with E-state index in [4.69, 9.17) is 0 Å². The average Bonchev–Trinajstić information content (AvgIpc) is 2.62. The van der Waals surface area contributed by atoms with E-state index in [0.717, 1.165) is 24.8 Å². The van der Waals surface area contributed by atoms with Crippen molar-refractivity contribution in [2.24, 2.45) is 0 Å². The predicted molar refractivity (Wildman–Crippen MR) is 61.8 cm³/mol. The molecule has 0 amide bonds. The number of imidazole rings is 1. The van der Waals surface area contributed by atoms with Crippen LogP contribution in [0.4, 0.5) is 0 Å². The number of H-pyrrole nitrogens is 1. The van der Waals surface area contributed by atoms with E-state index < -0.39 is 0 Å². The van der Waals surface area contributed by atoms with Gasteiger partial charge in [-0.3, -0.25) is 0 Å². The van der Waals surface area contributed by atoms with Gasteiger partial charge in [0.2, 0.25) is 0 Å². The molecule has 0 spiro atoms. The van der Waals surface area contributed by atoms with Gasteiger partial charge < -0.3 is 10.3 Å². The maximum atomic E-state index is 4.22. The number of rotatable bonds is 4. The summed E-state index contributed by atoms with van der Waals surface area (Å²) in [5.41, 5.74) is 0. The lowest BCUT2D eigenvalue weighted by Gasteiger charge is -2.15. The van der Waals surface area contributed by atoms with Crippen molar-refractivity contribution >= 4 is 0 Å². The van der Waals surface area contributed by atoms with Crippen molar-refractivity contribution < 1.29 is 0 Å². The van der Waals surface area contributed by atoms with Gasteiger partial charge in [0.1, 0.15) is 5.82 Å². The van der Waals surface area contributed by atoms with Crippen LogP contribution in [0, 0.1) is 0 Å². The van der Waals surface area contributed by atoms with Gasteiger partial charge in [0, 0.05) is 31.4 Å². The molecule has 0 aromatic carbocycles. The molecular formula is C12H21N3. The van der Waals surface area contributed by atoms with Gasteiger partial charge in [-0.25, -0.2) is 4.98 Å². The zero-order chi connectivity index (χ0) is 10.3. The highest BCUT2D eigenvalue weighted by atomic mass is 14.9. The average molecular weight is 207 g/mol. The molecule has 1 aromatic heterocycles. The lowest BCUT2D eigenvalue weighted by atomic mass is 10.1. The minimum Gasteiger partial charge on any atom is -0.349 e. The Labute approximate surface area is 91.7 Å². The standard InChI is InChI=1S/C12H21N3/c1-2-4-6-11(5-3-1)13-8-7-12-14-9-10-15-12/h9-11,13H,1-8H2,(H,14,15). The molecule has 1 saturated carbocycles. The minimum absolute atomic E-state index is 0.752. The van der Waals surface area contributed by atoms with Crippen molar-refractivity contribution in [1.29, 1.82) is 0 Å². The predicted octanol–water partition coefficient (Wildman–Crippen LogP) is 2.26. The molecule has 1 aliphatic carbocycles. The second kappa shape index (κ2) is 5.91. The van der Waals surface area contributed by atoms with Crippen LogP contribution in [0.15, 0.2) is 12.4 Å². The summed E-state index contributed by atoms with van der Waals surface area (Å²) in [6.07, 6.45) is 13.1. The molecule has 0 bridgehead atoms. The minimum atomic E-state index is 0.752. The molecule has 3 heteroatoms. The highest BCUT2D eigenvalue weighted by molar-refractivity contribution is 4.87. The quantitative estimate of drug-likeness (QED) is 0.744. The van der Waals surface area contributed by atoms with Crippen LogP contribution in [-0.4, -0.2) is 22.6 Å². The molecule has 15 heavy (non-hydrogen) atoms. The summed E-state index contributed by atoms with van der Waals surface area (Å²) in [7, 11) is 0. The van der Waals surface area contributed by atoms with E-state index in [9.17, 15) is 0 Å². The third-order valence-corrected chi connectivity index (χ3v) is 3.20. The number of aromatic nitrogens is 2. The fourth-order valence-corrected chi connectivity index (χ4v) is 2.31. The topological polar surface area (TPSA) is 40.7 Å². The largest absolute Gasteiger partial charge is 0.349 e. The molecule has 1 aliphatic rings. The Bertz CT molecular complexity index is 248. The first-order valence-electron chi connectivity index (χ1n) is 6.17. The van der Waals surface area contributed by atoms with E-state index in [1.165, 1.54) is 38.5 Å². The van der Waals surface area contributed by atoms with Crippen LogP contribution >= 0.6 is 0 Å². The van der Waals surface area contributed by atoms with Crippen LogP contribution in [0.5, 0.6) is 0 Å². The molecule has 0 unspecified atom stereocenters. The summed E-state index contributed by atoms with van der Waals surface area (Å²) in [6.45, 7) is 1.05. The van der Waals surface area contributed by atoms with Crippen LogP contribution in [0.3, 0.4) is 0 Å². The van der Waals surface area contributed by atoms with Crippen LogP contribution in [0.2, 0.25) is 0 Å². The summed E-state index contributed by atoms with van der Waals surface area (Å²) in [4.78, 5) is 7.36. The van der Waals surface area contributed by atoms with Crippen LogP contribution in [-0.2, 0) is 6.42 Å². The van der Waals surface area contributed by atoms with Crippen molar-refractivity contribution in [2.75, 3.05) is 6.54 Å². The Kier molecular flexibility index (Phi) is 4.21. The zero-order valence-corrected chi connectivity index (χ0v) is 9.34.